The summed E-state index contributed by atoms with van der Waals surface area (Å²) >= 11 is 0. The van der Waals surface area contributed by atoms with E-state index in [1.807, 2.05) is 12.1 Å². The van der Waals surface area contributed by atoms with E-state index in [1.165, 1.54) is 24.0 Å². The molecule has 5 atom stereocenters. The van der Waals surface area contributed by atoms with Crippen LogP contribution in [-0.2, 0) is 11.8 Å². The number of hydrogen-bond acceptors (Lipinski definition) is 3. The molecule has 3 heteroatoms. The Morgan fingerprint density at radius 3 is 2.62 bits per heavy atom. The molecule has 0 bridgehead atoms. The number of rotatable bonds is 3. The van der Waals surface area contributed by atoms with Gasteiger partial charge in [-0.2, -0.15) is 0 Å². The van der Waals surface area contributed by atoms with E-state index >= 15 is 0 Å². The van der Waals surface area contributed by atoms with Crippen LogP contribution in [0.3, 0.4) is 0 Å². The van der Waals surface area contributed by atoms with Crippen molar-refractivity contribution in [3.8, 4) is 5.75 Å². The van der Waals surface area contributed by atoms with Crippen molar-refractivity contribution in [1.82, 2.24) is 0 Å². The van der Waals surface area contributed by atoms with Crippen LogP contribution in [0, 0.1) is 22.7 Å². The van der Waals surface area contributed by atoms with Gasteiger partial charge in [0.1, 0.15) is 12.0 Å². The predicted molar refractivity (Wildman–Crippen MR) is 103 cm³/mol. The van der Waals surface area contributed by atoms with Crippen LogP contribution in [0.5, 0.6) is 5.75 Å². The highest BCUT2D eigenvalue weighted by Gasteiger charge is 2.62. The van der Waals surface area contributed by atoms with E-state index in [-0.39, 0.29) is 22.9 Å². The highest BCUT2D eigenvalue weighted by molar-refractivity contribution is 5.80. The molecule has 26 heavy (non-hydrogen) atoms. The van der Waals surface area contributed by atoms with Crippen molar-refractivity contribution in [1.29, 1.82) is 0 Å². The van der Waals surface area contributed by atoms with Crippen LogP contribution >= 0.6 is 0 Å². The number of fused-ring (bicyclic) bond motifs is 5. The Morgan fingerprint density at radius 1 is 1.19 bits per heavy atom. The van der Waals surface area contributed by atoms with Crippen molar-refractivity contribution >= 4 is 6.29 Å². The molecule has 0 radical (unpaired) electrons. The summed E-state index contributed by atoms with van der Waals surface area (Å²) in [5.74, 6) is 1.99. The van der Waals surface area contributed by atoms with E-state index in [1.54, 1.807) is 7.11 Å². The average Bonchev–Trinajstić information content (AvgIpc) is 2.96. The highest BCUT2D eigenvalue weighted by atomic mass is 16.5. The van der Waals surface area contributed by atoms with Crippen LogP contribution in [0.25, 0.3) is 0 Å². The van der Waals surface area contributed by atoms with Crippen LogP contribution in [0.2, 0.25) is 0 Å². The van der Waals surface area contributed by atoms with Gasteiger partial charge in [0.25, 0.3) is 0 Å². The molecule has 2 fully saturated rings. The highest BCUT2D eigenvalue weighted by Crippen LogP contribution is 2.68. The summed E-state index contributed by atoms with van der Waals surface area (Å²) < 4.78 is 5.68. The molecule has 0 unspecified atom stereocenters. The number of aliphatic hydroxyl groups excluding tert-OH is 1. The van der Waals surface area contributed by atoms with Crippen molar-refractivity contribution in [2.24, 2.45) is 22.7 Å². The monoisotopic (exact) mass is 356 g/mol. The lowest BCUT2D eigenvalue weighted by Crippen LogP contribution is -2.56. The molecular formula is C23H32O3. The minimum absolute atomic E-state index is 0.0269. The number of ether oxygens (including phenoxy) is 1. The fourth-order valence-electron chi connectivity index (χ4n) is 7.42. The lowest BCUT2D eigenvalue weighted by atomic mass is 9.43. The summed E-state index contributed by atoms with van der Waals surface area (Å²) in [6, 6.07) is 3.90. The first kappa shape index (κ1) is 18.0. The van der Waals surface area contributed by atoms with Gasteiger partial charge in [-0.25, -0.2) is 0 Å². The maximum Gasteiger partial charge on any atom is 0.150 e. The second-order valence-electron chi connectivity index (χ2n) is 9.77. The zero-order valence-corrected chi connectivity index (χ0v) is 16.6. The molecular weight excluding hydrogens is 324 g/mol. The molecule has 3 nitrogen and oxygen atoms in total. The number of methoxy groups -OCH3 is 1. The largest absolute Gasteiger partial charge is 0.496 e. The normalized spacial score (nSPS) is 41.1. The molecule has 142 valence electrons. The van der Waals surface area contributed by atoms with Gasteiger partial charge in [0.05, 0.1) is 7.11 Å². The third-order valence-electron chi connectivity index (χ3n) is 8.61. The third-order valence-corrected chi connectivity index (χ3v) is 8.61. The van der Waals surface area contributed by atoms with E-state index in [2.05, 4.69) is 20.8 Å². The van der Waals surface area contributed by atoms with Crippen LogP contribution in [0.1, 0.15) is 74.4 Å². The Labute approximate surface area is 157 Å². The fraction of sp³-hybridized carbons (Fsp3) is 0.696. The van der Waals surface area contributed by atoms with E-state index in [0.29, 0.717) is 11.8 Å². The lowest BCUT2D eigenvalue weighted by Gasteiger charge is -2.61. The summed E-state index contributed by atoms with van der Waals surface area (Å²) in [7, 11) is 1.73. The molecule has 0 heterocycles. The molecule has 0 spiro atoms. The molecule has 3 aliphatic rings. The molecule has 2 saturated carbocycles. The summed E-state index contributed by atoms with van der Waals surface area (Å²) in [4.78, 5) is 11.8. The SMILES string of the molecule is COc1ccc(C=O)c2c1C[C@@H]1[C@@]3(C)CCC[C@@](C)(CO)[C@@H]3CC[C@]21C. The van der Waals surface area contributed by atoms with Gasteiger partial charge in [-0.05, 0) is 83.4 Å². The van der Waals surface area contributed by atoms with E-state index in [9.17, 15) is 9.90 Å². The minimum Gasteiger partial charge on any atom is -0.496 e. The topological polar surface area (TPSA) is 46.5 Å². The lowest BCUT2D eigenvalue weighted by molar-refractivity contribution is -0.121. The molecule has 1 aromatic carbocycles. The summed E-state index contributed by atoms with van der Waals surface area (Å²) in [5, 5.41) is 10.2. The van der Waals surface area contributed by atoms with Crippen molar-refractivity contribution in [3.63, 3.8) is 0 Å². The Morgan fingerprint density at radius 2 is 1.96 bits per heavy atom. The van der Waals surface area contributed by atoms with E-state index in [0.717, 1.165) is 43.3 Å². The molecule has 0 saturated heterocycles. The second kappa shape index (κ2) is 5.82. The van der Waals surface area contributed by atoms with Crippen molar-refractivity contribution < 1.29 is 14.6 Å². The van der Waals surface area contributed by atoms with Crippen molar-refractivity contribution in [2.75, 3.05) is 13.7 Å². The summed E-state index contributed by atoms with van der Waals surface area (Å²) in [5.41, 5.74) is 3.59. The van der Waals surface area contributed by atoms with Gasteiger partial charge in [0.15, 0.2) is 0 Å². The van der Waals surface area contributed by atoms with Gasteiger partial charge in [-0.3, -0.25) is 4.79 Å². The maximum atomic E-state index is 11.8. The first-order valence-electron chi connectivity index (χ1n) is 10.1. The number of aliphatic hydroxyl groups is 1. The molecule has 1 N–H and O–H groups in total. The van der Waals surface area contributed by atoms with Crippen LogP contribution < -0.4 is 4.74 Å². The number of benzene rings is 1. The Bertz CT molecular complexity index is 741. The van der Waals surface area contributed by atoms with E-state index in [4.69, 9.17) is 4.74 Å². The summed E-state index contributed by atoms with van der Waals surface area (Å²) in [6.07, 6.45) is 7.78. The number of aldehydes is 1. The second-order valence-corrected chi connectivity index (χ2v) is 9.77. The minimum atomic E-state index is 0.0269. The number of carbonyl (C=O) groups excluding carboxylic acids is 1. The molecule has 3 aliphatic carbocycles. The molecule has 0 aromatic heterocycles. The predicted octanol–water partition coefficient (Wildman–Crippen LogP) is 4.54. The van der Waals surface area contributed by atoms with Crippen LogP contribution in [-0.4, -0.2) is 25.1 Å². The number of hydrogen-bond donors (Lipinski definition) is 1. The quantitative estimate of drug-likeness (QED) is 0.809. The maximum absolute atomic E-state index is 11.8. The van der Waals surface area contributed by atoms with Gasteiger partial charge in [0.2, 0.25) is 0 Å². The van der Waals surface area contributed by atoms with Crippen molar-refractivity contribution in [2.45, 2.75) is 64.7 Å². The smallest absolute Gasteiger partial charge is 0.150 e. The van der Waals surface area contributed by atoms with Gasteiger partial charge in [-0.1, -0.05) is 27.2 Å². The van der Waals surface area contributed by atoms with Crippen molar-refractivity contribution in [3.05, 3.63) is 28.8 Å². The van der Waals surface area contributed by atoms with Crippen LogP contribution in [0.4, 0.5) is 0 Å². The van der Waals surface area contributed by atoms with Gasteiger partial charge < -0.3 is 9.84 Å². The molecule has 0 amide bonds. The third kappa shape index (κ3) is 2.13. The Hall–Kier alpha value is -1.35. The first-order valence-corrected chi connectivity index (χ1v) is 10.1. The standard InChI is InChI=1S/C23H32O3/c1-21(14-25)9-5-10-22(2)18(21)8-11-23(3)19(22)12-16-17(26-4)7-6-15(13-24)20(16)23/h6-7,13,18-19,25H,5,8-12,14H2,1-4H3/t18-,19+,21-,22-,23-/m0/s1. The molecule has 4 rings (SSSR count). The van der Waals surface area contributed by atoms with E-state index < -0.39 is 0 Å². The fourth-order valence-corrected chi connectivity index (χ4v) is 7.42. The van der Waals surface area contributed by atoms with Gasteiger partial charge in [-0.15, -0.1) is 0 Å². The van der Waals surface area contributed by atoms with Crippen LogP contribution in [0.15, 0.2) is 12.1 Å². The first-order chi connectivity index (χ1) is 12.3. The Kier molecular flexibility index (Phi) is 4.04. The summed E-state index contributed by atoms with van der Waals surface area (Å²) in [6.45, 7) is 7.41. The van der Waals surface area contributed by atoms with Gasteiger partial charge in [0, 0.05) is 12.2 Å². The average molecular weight is 357 g/mol. The molecule has 1 aromatic rings. The zero-order chi connectivity index (χ0) is 18.7. The zero-order valence-electron chi connectivity index (χ0n) is 16.6. The Balaban J connectivity index is 1.86. The number of carbonyl (C=O) groups is 1. The molecule has 0 aliphatic heterocycles. The van der Waals surface area contributed by atoms with Gasteiger partial charge >= 0.3 is 0 Å².